The van der Waals surface area contributed by atoms with E-state index in [9.17, 15) is 4.79 Å². The van der Waals surface area contributed by atoms with Crippen LogP contribution in [0.25, 0.3) is 11.4 Å². The van der Waals surface area contributed by atoms with Gasteiger partial charge in [0.15, 0.2) is 5.82 Å². The average Bonchev–Trinajstić information content (AvgIpc) is 3.08. The van der Waals surface area contributed by atoms with Crippen molar-refractivity contribution in [1.82, 2.24) is 25.0 Å². The Morgan fingerprint density at radius 1 is 1.29 bits per heavy atom. The van der Waals surface area contributed by atoms with Crippen molar-refractivity contribution in [3.05, 3.63) is 40.1 Å². The lowest BCUT2D eigenvalue weighted by Crippen LogP contribution is -2.12. The molecule has 0 radical (unpaired) electrons. The van der Waals surface area contributed by atoms with Gasteiger partial charge in [-0.15, -0.1) is 20.4 Å². The van der Waals surface area contributed by atoms with Gasteiger partial charge in [0, 0.05) is 12.6 Å². The lowest BCUT2D eigenvalue weighted by Gasteiger charge is -2.09. The van der Waals surface area contributed by atoms with Crippen LogP contribution >= 0.6 is 22.9 Å². The molecule has 21 heavy (non-hydrogen) atoms. The van der Waals surface area contributed by atoms with Crippen molar-refractivity contribution in [1.29, 1.82) is 0 Å². The van der Waals surface area contributed by atoms with Crippen LogP contribution in [-0.2, 0) is 7.05 Å². The number of nitrogens with one attached hydrogen (secondary N) is 1. The Hall–Kier alpha value is -2.32. The van der Waals surface area contributed by atoms with E-state index in [2.05, 4.69) is 25.7 Å². The Morgan fingerprint density at radius 3 is 2.76 bits per heavy atom. The first-order valence-electron chi connectivity index (χ1n) is 5.89. The molecule has 0 aliphatic carbocycles. The Balaban J connectivity index is 1.93. The smallest absolute Gasteiger partial charge is 0.286 e. The normalized spacial score (nSPS) is 10.6. The number of carbonyl (C=O) groups excluding carboxylic acids is 1. The molecular weight excluding hydrogens is 312 g/mol. The zero-order valence-corrected chi connectivity index (χ0v) is 12.4. The van der Waals surface area contributed by atoms with Gasteiger partial charge in [-0.3, -0.25) is 4.79 Å². The summed E-state index contributed by atoms with van der Waals surface area (Å²) in [7, 11) is 1.83. The third kappa shape index (κ3) is 2.76. The monoisotopic (exact) mass is 320 g/mol. The molecule has 0 unspecified atom stereocenters. The maximum Gasteiger partial charge on any atom is 0.286 e. The van der Waals surface area contributed by atoms with Crippen LogP contribution in [0.1, 0.15) is 9.80 Å². The molecule has 2 heterocycles. The van der Waals surface area contributed by atoms with Gasteiger partial charge in [0.05, 0.1) is 5.69 Å². The number of para-hydroxylation sites is 1. The average molecular weight is 321 g/mol. The minimum absolute atomic E-state index is 0.202. The van der Waals surface area contributed by atoms with Crippen LogP contribution in [0, 0.1) is 0 Å². The van der Waals surface area contributed by atoms with Gasteiger partial charge in [0.2, 0.25) is 9.47 Å². The number of anilines is 1. The van der Waals surface area contributed by atoms with Gasteiger partial charge in [-0.05, 0) is 23.7 Å². The molecule has 0 aliphatic rings. The van der Waals surface area contributed by atoms with Gasteiger partial charge in [0.1, 0.15) is 6.33 Å². The van der Waals surface area contributed by atoms with E-state index >= 15 is 0 Å². The van der Waals surface area contributed by atoms with E-state index < -0.39 is 0 Å². The zero-order valence-electron chi connectivity index (χ0n) is 10.8. The zero-order chi connectivity index (χ0) is 14.8. The molecule has 3 rings (SSSR count). The molecule has 9 heteroatoms. The van der Waals surface area contributed by atoms with Crippen LogP contribution in [0.15, 0.2) is 30.6 Å². The van der Waals surface area contributed by atoms with E-state index in [1.165, 1.54) is 0 Å². The Bertz CT molecular complexity index is 798. The summed E-state index contributed by atoms with van der Waals surface area (Å²) in [5, 5.41) is 18.2. The molecule has 0 spiro atoms. The SMILES string of the molecule is Cn1cnnc1-c1ccccc1NC(=O)c1nnc(Cl)s1. The molecule has 2 aromatic heterocycles. The standard InChI is InChI=1S/C12H9ClN6OS/c1-19-6-14-16-9(19)7-4-2-3-5-8(7)15-10(20)11-17-18-12(13)21-11/h2-6H,1H3,(H,15,20). The summed E-state index contributed by atoms with van der Waals surface area (Å²) >= 11 is 6.70. The van der Waals surface area contributed by atoms with Gasteiger partial charge < -0.3 is 9.88 Å². The number of carbonyl (C=O) groups is 1. The molecule has 0 fully saturated rings. The van der Waals surface area contributed by atoms with Crippen LogP contribution < -0.4 is 5.32 Å². The highest BCUT2D eigenvalue weighted by Crippen LogP contribution is 2.26. The summed E-state index contributed by atoms with van der Waals surface area (Å²) in [6, 6.07) is 7.32. The lowest BCUT2D eigenvalue weighted by atomic mass is 10.1. The number of hydrogen-bond acceptors (Lipinski definition) is 6. The highest BCUT2D eigenvalue weighted by atomic mass is 35.5. The third-order valence-electron chi connectivity index (χ3n) is 2.72. The molecule has 3 aromatic rings. The predicted molar refractivity (Wildman–Crippen MR) is 79.3 cm³/mol. The number of aromatic nitrogens is 5. The highest BCUT2D eigenvalue weighted by molar-refractivity contribution is 7.17. The number of rotatable bonds is 3. The summed E-state index contributed by atoms with van der Waals surface area (Å²) in [6.07, 6.45) is 1.60. The Morgan fingerprint density at radius 2 is 2.10 bits per heavy atom. The lowest BCUT2D eigenvalue weighted by molar-refractivity contribution is 0.102. The molecule has 1 amide bonds. The maximum absolute atomic E-state index is 12.1. The second-order valence-corrected chi connectivity index (χ2v) is 5.68. The Labute approximate surface area is 128 Å². The second kappa shape index (κ2) is 5.58. The first-order valence-corrected chi connectivity index (χ1v) is 7.08. The molecule has 106 valence electrons. The van der Waals surface area contributed by atoms with Gasteiger partial charge in [-0.2, -0.15) is 0 Å². The van der Waals surface area contributed by atoms with Crippen LogP contribution in [0.3, 0.4) is 0 Å². The van der Waals surface area contributed by atoms with Gasteiger partial charge in [0.25, 0.3) is 5.91 Å². The highest BCUT2D eigenvalue weighted by Gasteiger charge is 2.16. The van der Waals surface area contributed by atoms with Crippen LogP contribution in [0.5, 0.6) is 0 Å². The third-order valence-corrected chi connectivity index (χ3v) is 3.74. The molecule has 0 bridgehead atoms. The second-order valence-electron chi connectivity index (χ2n) is 4.13. The summed E-state index contributed by atoms with van der Waals surface area (Å²) in [5.41, 5.74) is 1.38. The molecular formula is C12H9ClN6OS. The summed E-state index contributed by atoms with van der Waals surface area (Å²) < 4.78 is 1.99. The summed E-state index contributed by atoms with van der Waals surface area (Å²) in [5.74, 6) is 0.287. The molecule has 7 nitrogen and oxygen atoms in total. The van der Waals surface area contributed by atoms with Gasteiger partial charge >= 0.3 is 0 Å². The number of benzene rings is 1. The number of amides is 1. The maximum atomic E-state index is 12.1. The molecule has 1 N–H and O–H groups in total. The van der Waals surface area contributed by atoms with Crippen molar-refractivity contribution in [2.75, 3.05) is 5.32 Å². The van der Waals surface area contributed by atoms with Crippen LogP contribution in [0.4, 0.5) is 5.69 Å². The number of aryl methyl sites for hydroxylation is 1. The Kier molecular flexibility index (Phi) is 3.63. The molecule has 0 atom stereocenters. The summed E-state index contributed by atoms with van der Waals surface area (Å²) in [4.78, 5) is 12.1. The quantitative estimate of drug-likeness (QED) is 0.800. The minimum atomic E-state index is -0.367. The summed E-state index contributed by atoms with van der Waals surface area (Å²) in [6.45, 7) is 0. The van der Waals surface area contributed by atoms with E-state index in [-0.39, 0.29) is 15.4 Å². The first-order chi connectivity index (χ1) is 10.1. The fraction of sp³-hybridized carbons (Fsp3) is 0.0833. The minimum Gasteiger partial charge on any atom is -0.319 e. The van der Waals surface area contributed by atoms with Crippen molar-refractivity contribution < 1.29 is 4.79 Å². The topological polar surface area (TPSA) is 85.6 Å². The van der Waals surface area contributed by atoms with Crippen LogP contribution in [-0.4, -0.2) is 30.9 Å². The number of nitrogens with zero attached hydrogens (tertiary/aromatic N) is 5. The first kappa shape index (κ1) is 13.7. The van der Waals surface area contributed by atoms with Crippen molar-refractivity contribution in [3.63, 3.8) is 0 Å². The van der Waals surface area contributed by atoms with E-state index in [0.717, 1.165) is 16.9 Å². The van der Waals surface area contributed by atoms with Crippen molar-refractivity contribution in [3.8, 4) is 11.4 Å². The van der Waals surface area contributed by atoms with E-state index in [1.54, 1.807) is 17.0 Å². The fourth-order valence-corrected chi connectivity index (χ4v) is 2.51. The fourth-order valence-electron chi connectivity index (χ4n) is 1.79. The van der Waals surface area contributed by atoms with E-state index in [0.29, 0.717) is 11.5 Å². The van der Waals surface area contributed by atoms with Crippen molar-refractivity contribution in [2.45, 2.75) is 0 Å². The van der Waals surface area contributed by atoms with E-state index in [1.807, 2.05) is 25.2 Å². The van der Waals surface area contributed by atoms with Crippen LogP contribution in [0.2, 0.25) is 4.47 Å². The van der Waals surface area contributed by atoms with Crippen molar-refractivity contribution >= 4 is 34.5 Å². The van der Waals surface area contributed by atoms with E-state index in [4.69, 9.17) is 11.6 Å². The predicted octanol–water partition coefficient (Wildman–Crippen LogP) is 2.24. The molecule has 0 saturated carbocycles. The number of halogens is 1. The molecule has 0 aliphatic heterocycles. The van der Waals surface area contributed by atoms with Gasteiger partial charge in [-0.25, -0.2) is 0 Å². The largest absolute Gasteiger partial charge is 0.319 e. The van der Waals surface area contributed by atoms with Gasteiger partial charge in [-0.1, -0.05) is 23.5 Å². The number of hydrogen-bond donors (Lipinski definition) is 1. The van der Waals surface area contributed by atoms with Crippen molar-refractivity contribution in [2.24, 2.45) is 7.05 Å². The molecule has 0 saturated heterocycles. The molecule has 1 aromatic carbocycles.